The summed E-state index contributed by atoms with van der Waals surface area (Å²) in [6.45, 7) is 1.79. The van der Waals surface area contributed by atoms with E-state index in [-0.39, 0.29) is 27.8 Å². The van der Waals surface area contributed by atoms with E-state index in [2.05, 4.69) is 10.0 Å². The summed E-state index contributed by atoms with van der Waals surface area (Å²) in [6, 6.07) is 9.06. The predicted octanol–water partition coefficient (Wildman–Crippen LogP) is 3.04. The third-order valence-electron chi connectivity index (χ3n) is 3.39. The Morgan fingerprint density at radius 2 is 1.96 bits per heavy atom. The molecular weight excluding hydrogens is 383 g/mol. The molecule has 26 heavy (non-hydrogen) atoms. The highest BCUT2D eigenvalue weighted by atomic mass is 35.5. The highest BCUT2D eigenvalue weighted by Gasteiger charge is 2.20. The molecule has 6 nitrogen and oxygen atoms in total. The first-order chi connectivity index (χ1) is 12.2. The minimum absolute atomic E-state index is 0.154. The van der Waals surface area contributed by atoms with Crippen molar-refractivity contribution in [1.82, 2.24) is 4.72 Å². The van der Waals surface area contributed by atoms with Crippen molar-refractivity contribution in [2.75, 3.05) is 19.0 Å². The largest absolute Gasteiger partial charge is 0.383 e. The Kier molecular flexibility index (Phi) is 6.71. The number of sulfonamides is 1. The van der Waals surface area contributed by atoms with Gasteiger partial charge in [-0.3, -0.25) is 4.79 Å². The van der Waals surface area contributed by atoms with E-state index in [0.717, 1.165) is 6.07 Å². The summed E-state index contributed by atoms with van der Waals surface area (Å²) in [7, 11) is -2.47. The van der Waals surface area contributed by atoms with Crippen molar-refractivity contribution in [1.29, 1.82) is 0 Å². The van der Waals surface area contributed by atoms with Gasteiger partial charge in [0.2, 0.25) is 10.0 Å². The molecule has 0 spiro atoms. The van der Waals surface area contributed by atoms with Gasteiger partial charge in [-0.25, -0.2) is 17.5 Å². The van der Waals surface area contributed by atoms with Gasteiger partial charge >= 0.3 is 0 Å². The molecule has 2 N–H and O–H groups in total. The molecule has 1 atom stereocenters. The molecule has 0 saturated heterocycles. The van der Waals surface area contributed by atoms with Crippen LogP contribution in [0.1, 0.15) is 17.3 Å². The summed E-state index contributed by atoms with van der Waals surface area (Å²) in [4.78, 5) is 11.9. The number of benzene rings is 2. The van der Waals surface area contributed by atoms with Crippen LogP contribution in [0.2, 0.25) is 5.02 Å². The normalized spacial score (nSPS) is 12.6. The molecule has 1 amide bonds. The Labute approximate surface area is 156 Å². The van der Waals surface area contributed by atoms with Crippen molar-refractivity contribution in [3.63, 3.8) is 0 Å². The predicted molar refractivity (Wildman–Crippen MR) is 97.5 cm³/mol. The molecule has 0 bridgehead atoms. The van der Waals surface area contributed by atoms with Gasteiger partial charge in [-0.2, -0.15) is 0 Å². The summed E-state index contributed by atoms with van der Waals surface area (Å²) < 4.78 is 46.0. The summed E-state index contributed by atoms with van der Waals surface area (Å²) in [5, 5.41) is 2.60. The van der Waals surface area contributed by atoms with Crippen LogP contribution in [-0.4, -0.2) is 34.1 Å². The maximum absolute atomic E-state index is 14.3. The van der Waals surface area contributed by atoms with E-state index in [1.54, 1.807) is 19.1 Å². The monoisotopic (exact) mass is 400 g/mol. The number of hydrogen-bond acceptors (Lipinski definition) is 4. The van der Waals surface area contributed by atoms with Crippen LogP contribution >= 0.6 is 11.6 Å². The molecule has 2 rings (SSSR count). The minimum atomic E-state index is -3.91. The minimum Gasteiger partial charge on any atom is -0.383 e. The second kappa shape index (κ2) is 8.59. The summed E-state index contributed by atoms with van der Waals surface area (Å²) in [6.07, 6.45) is 0. The third-order valence-corrected chi connectivity index (χ3v) is 5.31. The molecule has 0 aromatic heterocycles. The molecule has 2 aromatic rings. The number of methoxy groups -OCH3 is 1. The van der Waals surface area contributed by atoms with E-state index in [0.29, 0.717) is 0 Å². The van der Waals surface area contributed by atoms with Crippen LogP contribution in [0.25, 0.3) is 0 Å². The molecule has 140 valence electrons. The second-order valence-electron chi connectivity index (χ2n) is 5.55. The van der Waals surface area contributed by atoms with Gasteiger partial charge in [0.05, 0.1) is 27.8 Å². The summed E-state index contributed by atoms with van der Waals surface area (Å²) >= 11 is 5.93. The Morgan fingerprint density at radius 1 is 1.27 bits per heavy atom. The van der Waals surface area contributed by atoms with Crippen molar-refractivity contribution >= 4 is 33.2 Å². The topological polar surface area (TPSA) is 84.5 Å². The van der Waals surface area contributed by atoms with Crippen LogP contribution in [0.15, 0.2) is 47.4 Å². The highest BCUT2D eigenvalue weighted by molar-refractivity contribution is 7.89. The number of ether oxygens (including phenoxy) is 1. The van der Waals surface area contributed by atoms with Crippen LogP contribution in [0, 0.1) is 5.82 Å². The molecule has 2 aromatic carbocycles. The van der Waals surface area contributed by atoms with E-state index in [1.807, 2.05) is 0 Å². The standard InChI is InChI=1S/C17H18ClFN2O4S/c1-11(10-25-2)21-26(23,24)12-7-8-16(15(19)9-12)20-17(22)13-5-3-4-6-14(13)18/h3-9,11,21H,10H2,1-2H3,(H,20,22)/t11-/m1/s1. The Morgan fingerprint density at radius 3 is 2.58 bits per heavy atom. The lowest BCUT2D eigenvalue weighted by molar-refractivity contribution is 0.102. The number of amides is 1. The zero-order chi connectivity index (χ0) is 19.3. The quantitative estimate of drug-likeness (QED) is 0.748. The van der Waals surface area contributed by atoms with Crippen LogP contribution < -0.4 is 10.0 Å². The molecule has 0 heterocycles. The number of carbonyl (C=O) groups excluding carboxylic acids is 1. The number of carbonyl (C=O) groups is 1. The summed E-state index contributed by atoms with van der Waals surface area (Å²) in [5.41, 5.74) is 0.0270. The van der Waals surface area contributed by atoms with E-state index < -0.39 is 27.8 Å². The summed E-state index contributed by atoms with van der Waals surface area (Å²) in [5.74, 6) is -1.48. The SMILES string of the molecule is COC[C@@H](C)NS(=O)(=O)c1ccc(NC(=O)c2ccccc2Cl)c(F)c1. The third kappa shape index (κ3) is 5.01. The molecule has 0 unspecified atom stereocenters. The molecule has 0 radical (unpaired) electrons. The average Bonchev–Trinajstić information content (AvgIpc) is 2.56. The van der Waals surface area contributed by atoms with Crippen molar-refractivity contribution in [2.24, 2.45) is 0 Å². The first kappa shape index (κ1) is 20.3. The number of nitrogens with one attached hydrogen (secondary N) is 2. The maximum atomic E-state index is 14.3. The molecular formula is C17H18ClFN2O4S. The van der Waals surface area contributed by atoms with E-state index in [4.69, 9.17) is 16.3 Å². The van der Waals surface area contributed by atoms with Gasteiger partial charge in [0.25, 0.3) is 5.91 Å². The zero-order valence-corrected chi connectivity index (χ0v) is 15.7. The van der Waals surface area contributed by atoms with E-state index >= 15 is 0 Å². The smallest absolute Gasteiger partial charge is 0.257 e. The fourth-order valence-electron chi connectivity index (χ4n) is 2.22. The van der Waals surface area contributed by atoms with Crippen LogP contribution in [0.4, 0.5) is 10.1 Å². The van der Waals surface area contributed by atoms with Crippen LogP contribution in [0.5, 0.6) is 0 Å². The molecule has 0 aliphatic carbocycles. The first-order valence-electron chi connectivity index (χ1n) is 7.61. The lowest BCUT2D eigenvalue weighted by Crippen LogP contribution is -2.35. The maximum Gasteiger partial charge on any atom is 0.257 e. The van der Waals surface area contributed by atoms with Gasteiger partial charge in [0, 0.05) is 13.2 Å². The number of anilines is 1. The average molecular weight is 401 g/mol. The highest BCUT2D eigenvalue weighted by Crippen LogP contribution is 2.22. The van der Waals surface area contributed by atoms with E-state index in [9.17, 15) is 17.6 Å². The van der Waals surface area contributed by atoms with Crippen LogP contribution in [0.3, 0.4) is 0 Å². The van der Waals surface area contributed by atoms with Crippen molar-refractivity contribution in [3.8, 4) is 0 Å². The number of rotatable bonds is 7. The second-order valence-corrected chi connectivity index (χ2v) is 7.67. The first-order valence-corrected chi connectivity index (χ1v) is 9.47. The van der Waals surface area contributed by atoms with Gasteiger partial charge in [0.15, 0.2) is 0 Å². The van der Waals surface area contributed by atoms with Crippen molar-refractivity contribution in [2.45, 2.75) is 17.9 Å². The molecule has 0 aliphatic heterocycles. The lowest BCUT2D eigenvalue weighted by Gasteiger charge is -2.14. The van der Waals surface area contributed by atoms with Crippen molar-refractivity contribution < 1.29 is 22.3 Å². The van der Waals surface area contributed by atoms with Gasteiger partial charge < -0.3 is 10.1 Å². The fraction of sp³-hybridized carbons (Fsp3) is 0.235. The molecule has 0 saturated carbocycles. The Hall–Kier alpha value is -2.00. The van der Waals surface area contributed by atoms with Crippen LogP contribution in [-0.2, 0) is 14.8 Å². The van der Waals surface area contributed by atoms with Gasteiger partial charge in [-0.05, 0) is 37.3 Å². The molecule has 9 heteroatoms. The zero-order valence-electron chi connectivity index (χ0n) is 14.1. The fourth-order valence-corrected chi connectivity index (χ4v) is 3.68. The van der Waals surface area contributed by atoms with Gasteiger partial charge in [0.1, 0.15) is 5.82 Å². The lowest BCUT2D eigenvalue weighted by atomic mass is 10.2. The van der Waals surface area contributed by atoms with Gasteiger partial charge in [-0.15, -0.1) is 0 Å². The molecule has 0 aliphatic rings. The van der Waals surface area contributed by atoms with Gasteiger partial charge in [-0.1, -0.05) is 23.7 Å². The Balaban J connectivity index is 2.19. The van der Waals surface area contributed by atoms with E-state index in [1.165, 1.54) is 31.4 Å². The van der Waals surface area contributed by atoms with Crippen molar-refractivity contribution in [3.05, 3.63) is 58.9 Å². The number of hydrogen-bond donors (Lipinski definition) is 2. The molecule has 0 fully saturated rings. The Bertz CT molecular complexity index is 905. The number of halogens is 2.